The molecule has 2 rings (SSSR count). The van der Waals surface area contributed by atoms with Crippen molar-refractivity contribution in [2.75, 3.05) is 11.9 Å². The third kappa shape index (κ3) is 3.63. The molecule has 1 atom stereocenters. The van der Waals surface area contributed by atoms with Crippen molar-refractivity contribution in [3.8, 4) is 0 Å². The van der Waals surface area contributed by atoms with Gasteiger partial charge in [-0.25, -0.2) is 0 Å². The van der Waals surface area contributed by atoms with E-state index >= 15 is 0 Å². The minimum atomic E-state index is 0.540. The lowest BCUT2D eigenvalue weighted by Gasteiger charge is -2.22. The summed E-state index contributed by atoms with van der Waals surface area (Å²) < 4.78 is 0. The van der Waals surface area contributed by atoms with Gasteiger partial charge in [0.15, 0.2) is 0 Å². The molecule has 2 aromatic rings. The number of rotatable bonds is 5. The standard InChI is InChI=1S/C19H25N/c1-14(2)19(17-8-6-5-7-9-17)13-20-18-11-10-15(3)16(4)12-18/h5-12,14,19-20H,13H2,1-4H3. The van der Waals surface area contributed by atoms with Crippen LogP contribution in [0.2, 0.25) is 0 Å². The zero-order valence-electron chi connectivity index (χ0n) is 13.0. The van der Waals surface area contributed by atoms with Crippen LogP contribution >= 0.6 is 0 Å². The first-order valence-corrected chi connectivity index (χ1v) is 7.44. The second-order valence-corrected chi connectivity index (χ2v) is 5.94. The van der Waals surface area contributed by atoms with Crippen LogP contribution in [0.5, 0.6) is 0 Å². The fourth-order valence-corrected chi connectivity index (χ4v) is 2.52. The highest BCUT2D eigenvalue weighted by Crippen LogP contribution is 2.25. The number of hydrogen-bond acceptors (Lipinski definition) is 1. The van der Waals surface area contributed by atoms with E-state index in [0.29, 0.717) is 11.8 Å². The van der Waals surface area contributed by atoms with Crippen LogP contribution in [-0.4, -0.2) is 6.54 Å². The molecule has 0 heterocycles. The van der Waals surface area contributed by atoms with Gasteiger partial charge in [-0.3, -0.25) is 0 Å². The number of aryl methyl sites for hydroxylation is 2. The van der Waals surface area contributed by atoms with Gasteiger partial charge in [-0.2, -0.15) is 0 Å². The molecule has 0 radical (unpaired) electrons. The van der Waals surface area contributed by atoms with E-state index in [0.717, 1.165) is 6.54 Å². The average molecular weight is 267 g/mol. The molecule has 0 fully saturated rings. The normalized spacial score (nSPS) is 12.4. The predicted octanol–water partition coefficient (Wildman–Crippen LogP) is 5.16. The first-order valence-electron chi connectivity index (χ1n) is 7.44. The molecule has 0 amide bonds. The Morgan fingerprint density at radius 3 is 2.20 bits per heavy atom. The average Bonchev–Trinajstić information content (AvgIpc) is 2.44. The van der Waals surface area contributed by atoms with Crippen molar-refractivity contribution < 1.29 is 0 Å². The van der Waals surface area contributed by atoms with Crippen LogP contribution in [0.1, 0.15) is 36.5 Å². The Morgan fingerprint density at radius 2 is 1.60 bits per heavy atom. The minimum absolute atomic E-state index is 0.540. The Morgan fingerprint density at radius 1 is 0.900 bits per heavy atom. The first kappa shape index (κ1) is 14.6. The summed E-state index contributed by atoms with van der Waals surface area (Å²) in [5, 5.41) is 3.59. The van der Waals surface area contributed by atoms with Crippen molar-refractivity contribution in [2.45, 2.75) is 33.6 Å². The van der Waals surface area contributed by atoms with Crippen molar-refractivity contribution in [1.82, 2.24) is 0 Å². The molecule has 0 aliphatic carbocycles. The van der Waals surface area contributed by atoms with Crippen LogP contribution in [-0.2, 0) is 0 Å². The summed E-state index contributed by atoms with van der Waals surface area (Å²) in [6.45, 7) is 9.88. The Hall–Kier alpha value is -1.76. The van der Waals surface area contributed by atoms with E-state index in [1.807, 2.05) is 0 Å². The lowest BCUT2D eigenvalue weighted by atomic mass is 9.88. The van der Waals surface area contributed by atoms with Crippen LogP contribution in [0, 0.1) is 19.8 Å². The number of hydrogen-bond donors (Lipinski definition) is 1. The third-order valence-corrected chi connectivity index (χ3v) is 4.07. The van der Waals surface area contributed by atoms with Gasteiger partial charge in [-0.05, 0) is 48.6 Å². The van der Waals surface area contributed by atoms with E-state index in [9.17, 15) is 0 Å². The molecule has 20 heavy (non-hydrogen) atoms. The Bertz CT molecular complexity index is 543. The number of anilines is 1. The first-order chi connectivity index (χ1) is 9.58. The molecule has 0 aliphatic heterocycles. The topological polar surface area (TPSA) is 12.0 Å². The van der Waals surface area contributed by atoms with E-state index in [1.54, 1.807) is 0 Å². The highest BCUT2D eigenvalue weighted by atomic mass is 14.9. The van der Waals surface area contributed by atoms with E-state index in [4.69, 9.17) is 0 Å². The molecular weight excluding hydrogens is 242 g/mol. The van der Waals surface area contributed by atoms with Crippen molar-refractivity contribution >= 4 is 5.69 Å². The molecule has 0 aliphatic rings. The largest absolute Gasteiger partial charge is 0.384 e. The van der Waals surface area contributed by atoms with Crippen LogP contribution in [0.25, 0.3) is 0 Å². The molecule has 1 N–H and O–H groups in total. The maximum absolute atomic E-state index is 3.59. The second kappa shape index (κ2) is 6.60. The molecule has 0 saturated heterocycles. The molecule has 0 bridgehead atoms. The zero-order valence-corrected chi connectivity index (χ0v) is 13.0. The van der Waals surface area contributed by atoms with Crippen molar-refractivity contribution in [2.24, 2.45) is 5.92 Å². The summed E-state index contributed by atoms with van der Waals surface area (Å²) in [7, 11) is 0. The molecule has 0 aromatic heterocycles. The maximum atomic E-state index is 3.59. The van der Waals surface area contributed by atoms with Gasteiger partial charge < -0.3 is 5.32 Å². The lowest BCUT2D eigenvalue weighted by molar-refractivity contribution is 0.517. The summed E-state index contributed by atoms with van der Waals surface area (Å²) in [6.07, 6.45) is 0. The van der Waals surface area contributed by atoms with Crippen molar-refractivity contribution in [3.63, 3.8) is 0 Å². The molecule has 0 spiro atoms. The molecule has 2 aromatic carbocycles. The van der Waals surface area contributed by atoms with Crippen LogP contribution in [0.3, 0.4) is 0 Å². The van der Waals surface area contributed by atoms with Gasteiger partial charge in [0, 0.05) is 18.2 Å². The quantitative estimate of drug-likeness (QED) is 0.789. The molecule has 1 nitrogen and oxygen atoms in total. The maximum Gasteiger partial charge on any atom is 0.0343 e. The van der Waals surface area contributed by atoms with Gasteiger partial charge in [0.25, 0.3) is 0 Å². The summed E-state index contributed by atoms with van der Waals surface area (Å²) in [6, 6.07) is 17.4. The minimum Gasteiger partial charge on any atom is -0.384 e. The fourth-order valence-electron chi connectivity index (χ4n) is 2.52. The summed E-state index contributed by atoms with van der Waals surface area (Å²) >= 11 is 0. The fraction of sp³-hybridized carbons (Fsp3) is 0.368. The van der Waals surface area contributed by atoms with Gasteiger partial charge >= 0.3 is 0 Å². The second-order valence-electron chi connectivity index (χ2n) is 5.94. The van der Waals surface area contributed by atoms with E-state index in [2.05, 4.69) is 81.5 Å². The summed E-state index contributed by atoms with van der Waals surface area (Å²) in [5.41, 5.74) is 5.32. The van der Waals surface area contributed by atoms with E-state index in [1.165, 1.54) is 22.4 Å². The van der Waals surface area contributed by atoms with Crippen LogP contribution < -0.4 is 5.32 Å². The smallest absolute Gasteiger partial charge is 0.0343 e. The molecule has 106 valence electrons. The Kier molecular flexibility index (Phi) is 4.84. The highest BCUT2D eigenvalue weighted by molar-refractivity contribution is 5.48. The van der Waals surface area contributed by atoms with Gasteiger partial charge in [-0.1, -0.05) is 50.2 Å². The van der Waals surface area contributed by atoms with Gasteiger partial charge in [-0.15, -0.1) is 0 Å². The monoisotopic (exact) mass is 267 g/mol. The Balaban J connectivity index is 2.08. The Labute approximate surface area is 123 Å². The van der Waals surface area contributed by atoms with Crippen molar-refractivity contribution in [1.29, 1.82) is 0 Å². The summed E-state index contributed by atoms with van der Waals surface area (Å²) in [4.78, 5) is 0. The van der Waals surface area contributed by atoms with Gasteiger partial charge in [0.05, 0.1) is 0 Å². The molecule has 1 unspecified atom stereocenters. The van der Waals surface area contributed by atoms with Gasteiger partial charge in [0.2, 0.25) is 0 Å². The predicted molar refractivity (Wildman–Crippen MR) is 88.4 cm³/mol. The third-order valence-electron chi connectivity index (χ3n) is 4.07. The summed E-state index contributed by atoms with van der Waals surface area (Å²) in [5.74, 6) is 1.16. The number of nitrogens with one attached hydrogen (secondary N) is 1. The van der Waals surface area contributed by atoms with Crippen molar-refractivity contribution in [3.05, 3.63) is 65.2 Å². The zero-order chi connectivity index (χ0) is 14.5. The molecular formula is C19H25N. The van der Waals surface area contributed by atoms with E-state index in [-0.39, 0.29) is 0 Å². The SMILES string of the molecule is Cc1ccc(NCC(c2ccccc2)C(C)C)cc1C. The molecule has 1 heteroatoms. The van der Waals surface area contributed by atoms with Crippen LogP contribution in [0.15, 0.2) is 48.5 Å². The van der Waals surface area contributed by atoms with Crippen LogP contribution in [0.4, 0.5) is 5.69 Å². The number of benzene rings is 2. The lowest BCUT2D eigenvalue weighted by Crippen LogP contribution is -2.17. The molecule has 0 saturated carbocycles. The highest BCUT2D eigenvalue weighted by Gasteiger charge is 2.15. The van der Waals surface area contributed by atoms with E-state index < -0.39 is 0 Å². The van der Waals surface area contributed by atoms with Gasteiger partial charge in [0.1, 0.15) is 0 Å².